The molecule has 2 nitrogen and oxygen atoms in total. The fourth-order valence-electron chi connectivity index (χ4n) is 2.87. The van der Waals surface area contributed by atoms with E-state index in [-0.39, 0.29) is 6.10 Å². The largest absolute Gasteiger partial charge is 0.490 e. The minimum absolute atomic E-state index is 0.211. The van der Waals surface area contributed by atoms with E-state index in [1.54, 1.807) is 0 Å². The number of hydrogen-bond acceptors (Lipinski definition) is 2. The molecule has 1 aromatic carbocycles. The van der Waals surface area contributed by atoms with Crippen molar-refractivity contribution in [1.82, 2.24) is 0 Å². The average molecular weight is 369 g/mol. The zero-order valence-corrected chi connectivity index (χ0v) is 17.9. The van der Waals surface area contributed by atoms with Crippen molar-refractivity contribution in [3.8, 4) is 0 Å². The highest BCUT2D eigenvalue weighted by atomic mass is 16.5. The second-order valence-electron chi connectivity index (χ2n) is 6.68. The first-order valence-corrected chi connectivity index (χ1v) is 10.1. The van der Waals surface area contributed by atoms with Gasteiger partial charge in [0.1, 0.15) is 12.4 Å². The third-order valence-electron chi connectivity index (χ3n) is 4.22. The van der Waals surface area contributed by atoms with Crippen molar-refractivity contribution in [2.24, 2.45) is 0 Å². The fourth-order valence-corrected chi connectivity index (χ4v) is 2.87. The van der Waals surface area contributed by atoms with E-state index < -0.39 is 0 Å². The lowest BCUT2D eigenvalue weighted by Crippen LogP contribution is -2.11. The lowest BCUT2D eigenvalue weighted by atomic mass is 9.95. The summed E-state index contributed by atoms with van der Waals surface area (Å²) in [7, 11) is 0. The third-order valence-corrected chi connectivity index (χ3v) is 4.22. The van der Waals surface area contributed by atoms with Gasteiger partial charge in [-0.3, -0.25) is 0 Å². The Morgan fingerprint density at radius 3 is 2.33 bits per heavy atom. The molecule has 0 N–H and O–H groups in total. The maximum atomic E-state index is 6.30. The molecule has 0 saturated carbocycles. The molecule has 0 aliphatic carbocycles. The summed E-state index contributed by atoms with van der Waals surface area (Å²) in [5.74, 6) is 0.956. The van der Waals surface area contributed by atoms with Gasteiger partial charge >= 0.3 is 0 Å². The molecule has 0 aliphatic rings. The lowest BCUT2D eigenvalue weighted by molar-refractivity contribution is 0.0408. The molecule has 27 heavy (non-hydrogen) atoms. The van der Waals surface area contributed by atoms with Crippen LogP contribution in [0.15, 0.2) is 71.5 Å². The smallest absolute Gasteiger partial charge is 0.130 e. The lowest BCUT2D eigenvalue weighted by Gasteiger charge is -2.20. The molecule has 0 amide bonds. The van der Waals surface area contributed by atoms with E-state index >= 15 is 0 Å². The van der Waals surface area contributed by atoms with Crippen molar-refractivity contribution < 1.29 is 9.47 Å². The quantitative estimate of drug-likeness (QED) is 0.235. The number of hydrogen-bond donors (Lipinski definition) is 0. The molecule has 1 aromatic rings. The van der Waals surface area contributed by atoms with Crippen molar-refractivity contribution in [1.29, 1.82) is 0 Å². The van der Waals surface area contributed by atoms with Gasteiger partial charge in [-0.25, -0.2) is 0 Å². The average Bonchev–Trinajstić information content (AvgIpc) is 2.66. The molecule has 0 radical (unpaired) electrons. The Morgan fingerprint density at radius 1 is 1.07 bits per heavy atom. The van der Waals surface area contributed by atoms with Crippen LogP contribution in [0.1, 0.15) is 59.9 Å². The second kappa shape index (κ2) is 13.2. The maximum absolute atomic E-state index is 6.30. The van der Waals surface area contributed by atoms with Crippen molar-refractivity contribution in [3.63, 3.8) is 0 Å². The van der Waals surface area contributed by atoms with E-state index in [0.29, 0.717) is 13.2 Å². The highest BCUT2D eigenvalue weighted by Gasteiger charge is 2.15. The molecule has 0 saturated heterocycles. The number of benzene rings is 1. The Kier molecular flexibility index (Phi) is 11.2. The molecule has 0 atom stereocenters. The standard InChI is InChI=1S/C25H36O2/c1-7-10-12-15-21(6)23(8-2)25(27-19-18-26-20(4)5)24(9-3)22-16-13-11-14-17-22/h9-17,20H,7-8,18-19H2,1-6H3/b12-10-,21-15+,24-9-,25-23-. The van der Waals surface area contributed by atoms with Crippen molar-refractivity contribution in [3.05, 3.63) is 77.1 Å². The van der Waals surface area contributed by atoms with Crippen LogP contribution in [-0.2, 0) is 9.47 Å². The molecule has 2 heteroatoms. The van der Waals surface area contributed by atoms with Crippen molar-refractivity contribution in [2.75, 3.05) is 13.2 Å². The van der Waals surface area contributed by atoms with Crippen LogP contribution in [0.25, 0.3) is 5.57 Å². The summed E-state index contributed by atoms with van der Waals surface area (Å²) >= 11 is 0. The first kappa shape index (κ1) is 23.0. The van der Waals surface area contributed by atoms with Crippen molar-refractivity contribution in [2.45, 2.75) is 60.5 Å². The van der Waals surface area contributed by atoms with Crippen LogP contribution >= 0.6 is 0 Å². The molecule has 0 unspecified atom stereocenters. The van der Waals surface area contributed by atoms with Gasteiger partial charge in [0.15, 0.2) is 0 Å². The SMILES string of the molecule is C\C=C(/C(OCCOC(C)C)=C(CC)/C(C)=C/C=C\CC)c1ccccc1. The summed E-state index contributed by atoms with van der Waals surface area (Å²) in [6.07, 6.45) is 10.8. The Balaban J connectivity index is 3.28. The zero-order valence-electron chi connectivity index (χ0n) is 17.9. The third kappa shape index (κ3) is 8.01. The summed E-state index contributed by atoms with van der Waals surface area (Å²) in [6.45, 7) is 13.8. The molecule has 0 aliphatic heterocycles. The minimum atomic E-state index is 0.211. The van der Waals surface area contributed by atoms with E-state index in [2.05, 4.69) is 76.3 Å². The van der Waals surface area contributed by atoms with Gasteiger partial charge in [-0.2, -0.15) is 0 Å². The molecule has 0 heterocycles. The van der Waals surface area contributed by atoms with Gasteiger partial charge in [0, 0.05) is 5.57 Å². The Morgan fingerprint density at radius 2 is 1.78 bits per heavy atom. The predicted octanol–water partition coefficient (Wildman–Crippen LogP) is 7.11. The van der Waals surface area contributed by atoms with Gasteiger partial charge < -0.3 is 9.47 Å². The van der Waals surface area contributed by atoms with Crippen LogP contribution in [0.4, 0.5) is 0 Å². The summed E-state index contributed by atoms with van der Waals surface area (Å²) in [5, 5.41) is 0. The van der Waals surface area contributed by atoms with E-state index in [1.165, 1.54) is 16.7 Å². The monoisotopic (exact) mass is 368 g/mol. The number of ether oxygens (including phenoxy) is 2. The highest BCUT2D eigenvalue weighted by molar-refractivity contribution is 5.78. The summed E-state index contributed by atoms with van der Waals surface area (Å²) in [6, 6.07) is 10.4. The number of allylic oxidation sites excluding steroid dienone is 7. The Bertz CT molecular complexity index is 661. The van der Waals surface area contributed by atoms with E-state index in [9.17, 15) is 0 Å². The summed E-state index contributed by atoms with van der Waals surface area (Å²) in [5.41, 5.74) is 4.77. The molecular weight excluding hydrogens is 332 g/mol. The van der Waals surface area contributed by atoms with Crippen LogP contribution in [-0.4, -0.2) is 19.3 Å². The molecule has 1 rings (SSSR count). The van der Waals surface area contributed by atoms with E-state index in [0.717, 1.165) is 24.2 Å². The maximum Gasteiger partial charge on any atom is 0.130 e. The topological polar surface area (TPSA) is 18.5 Å². The van der Waals surface area contributed by atoms with Crippen molar-refractivity contribution >= 4 is 5.57 Å². The van der Waals surface area contributed by atoms with Crippen LogP contribution in [0.5, 0.6) is 0 Å². The van der Waals surface area contributed by atoms with Gasteiger partial charge in [-0.1, -0.05) is 68.5 Å². The van der Waals surface area contributed by atoms with Gasteiger partial charge in [0.25, 0.3) is 0 Å². The summed E-state index contributed by atoms with van der Waals surface area (Å²) < 4.78 is 12.0. The Labute approximate surface area is 166 Å². The van der Waals surface area contributed by atoms with Crippen LogP contribution < -0.4 is 0 Å². The molecule has 0 aromatic heterocycles. The first-order chi connectivity index (χ1) is 13.0. The molecule has 148 valence electrons. The van der Waals surface area contributed by atoms with E-state index in [4.69, 9.17) is 9.47 Å². The van der Waals surface area contributed by atoms with Gasteiger partial charge in [0.05, 0.1) is 12.7 Å². The number of rotatable bonds is 11. The van der Waals surface area contributed by atoms with Gasteiger partial charge in [-0.05, 0) is 57.2 Å². The first-order valence-electron chi connectivity index (χ1n) is 10.1. The van der Waals surface area contributed by atoms with Crippen LogP contribution in [0.3, 0.4) is 0 Å². The normalized spacial score (nSPS) is 14.0. The predicted molar refractivity (Wildman–Crippen MR) is 118 cm³/mol. The van der Waals surface area contributed by atoms with Gasteiger partial charge in [-0.15, -0.1) is 0 Å². The second-order valence-corrected chi connectivity index (χ2v) is 6.68. The minimum Gasteiger partial charge on any atom is -0.490 e. The highest BCUT2D eigenvalue weighted by Crippen LogP contribution is 2.31. The summed E-state index contributed by atoms with van der Waals surface area (Å²) in [4.78, 5) is 0. The molecule has 0 bridgehead atoms. The molecular formula is C25H36O2. The molecule has 0 fully saturated rings. The van der Waals surface area contributed by atoms with E-state index in [1.807, 2.05) is 19.9 Å². The van der Waals surface area contributed by atoms with Gasteiger partial charge in [0.2, 0.25) is 0 Å². The van der Waals surface area contributed by atoms with Crippen LogP contribution in [0.2, 0.25) is 0 Å². The molecule has 0 spiro atoms. The van der Waals surface area contributed by atoms with Crippen LogP contribution in [0, 0.1) is 0 Å². The zero-order chi connectivity index (χ0) is 20.1. The Hall–Kier alpha value is -2.06. The fraction of sp³-hybridized carbons (Fsp3) is 0.440.